The summed E-state index contributed by atoms with van der Waals surface area (Å²) in [7, 11) is 0. The van der Waals surface area contributed by atoms with Gasteiger partial charge in [-0.15, -0.1) is 0 Å². The van der Waals surface area contributed by atoms with E-state index >= 15 is 0 Å². The first-order valence-corrected chi connectivity index (χ1v) is 6.58. The Labute approximate surface area is 99.9 Å². The Morgan fingerprint density at radius 1 is 1.50 bits per heavy atom. The molecule has 0 saturated carbocycles. The quantitative estimate of drug-likeness (QED) is 0.851. The van der Waals surface area contributed by atoms with Crippen molar-refractivity contribution in [3.8, 4) is 0 Å². The number of aliphatic imine (C=N–C) groups is 1. The fourth-order valence-corrected chi connectivity index (χ4v) is 3.18. The minimum absolute atomic E-state index is 0.965. The van der Waals surface area contributed by atoms with Crippen molar-refractivity contribution >= 4 is 28.3 Å². The van der Waals surface area contributed by atoms with Gasteiger partial charge in [0.15, 0.2) is 5.17 Å². The summed E-state index contributed by atoms with van der Waals surface area (Å²) in [4.78, 5) is 8.24. The molecule has 1 N–H and O–H groups in total. The monoisotopic (exact) mass is 233 g/mol. The van der Waals surface area contributed by atoms with Crippen LogP contribution in [-0.2, 0) is 0 Å². The summed E-state index contributed by atoms with van der Waals surface area (Å²) in [5.41, 5.74) is 2.52. The summed E-state index contributed by atoms with van der Waals surface area (Å²) < 4.78 is 0. The maximum atomic E-state index is 4.57. The molecule has 1 aromatic carbocycles. The van der Waals surface area contributed by atoms with E-state index in [-0.39, 0.29) is 0 Å². The van der Waals surface area contributed by atoms with Gasteiger partial charge in [-0.2, -0.15) is 0 Å². The topological polar surface area (TPSA) is 27.6 Å². The van der Waals surface area contributed by atoms with Gasteiger partial charge >= 0.3 is 0 Å². The molecule has 0 spiro atoms. The van der Waals surface area contributed by atoms with Crippen molar-refractivity contribution in [1.29, 1.82) is 0 Å². The molecule has 0 unspecified atom stereocenters. The smallest absolute Gasteiger partial charge is 0.168 e. The van der Waals surface area contributed by atoms with Gasteiger partial charge in [0.05, 0.1) is 5.69 Å². The Kier molecular flexibility index (Phi) is 2.52. The van der Waals surface area contributed by atoms with Gasteiger partial charge in [0.25, 0.3) is 0 Å². The zero-order valence-corrected chi connectivity index (χ0v) is 10.2. The van der Waals surface area contributed by atoms with E-state index in [9.17, 15) is 0 Å². The van der Waals surface area contributed by atoms with Crippen LogP contribution in [0.3, 0.4) is 0 Å². The van der Waals surface area contributed by atoms with E-state index in [0.717, 1.165) is 26.1 Å². The Hall–Kier alpha value is -1.16. The van der Waals surface area contributed by atoms with Crippen LogP contribution in [0.4, 0.5) is 11.4 Å². The lowest BCUT2D eigenvalue weighted by atomic mass is 10.2. The molecule has 4 heteroatoms. The third kappa shape index (κ3) is 1.57. The molecule has 0 aromatic heterocycles. The van der Waals surface area contributed by atoms with Crippen LogP contribution >= 0.6 is 11.8 Å². The van der Waals surface area contributed by atoms with Crippen molar-refractivity contribution in [3.05, 3.63) is 18.2 Å². The van der Waals surface area contributed by atoms with Crippen LogP contribution in [0.25, 0.3) is 0 Å². The molecule has 3 nitrogen and oxygen atoms in total. The SMILES string of the molecule is CCNc1ccc2c(c1)N1CCCN=C1S2. The zero-order chi connectivity index (χ0) is 11.0. The first-order valence-electron chi connectivity index (χ1n) is 5.76. The Morgan fingerprint density at radius 2 is 2.44 bits per heavy atom. The Morgan fingerprint density at radius 3 is 3.31 bits per heavy atom. The first-order chi connectivity index (χ1) is 7.88. The highest BCUT2D eigenvalue weighted by molar-refractivity contribution is 8.14. The maximum absolute atomic E-state index is 4.57. The molecule has 2 aliphatic heterocycles. The van der Waals surface area contributed by atoms with Crippen molar-refractivity contribution in [1.82, 2.24) is 0 Å². The van der Waals surface area contributed by atoms with Gasteiger partial charge in [-0.3, -0.25) is 4.99 Å². The van der Waals surface area contributed by atoms with Crippen molar-refractivity contribution in [2.24, 2.45) is 4.99 Å². The molecule has 1 aromatic rings. The van der Waals surface area contributed by atoms with Gasteiger partial charge in [0.2, 0.25) is 0 Å². The van der Waals surface area contributed by atoms with Gasteiger partial charge in [0, 0.05) is 30.2 Å². The number of hydrogen-bond acceptors (Lipinski definition) is 4. The zero-order valence-electron chi connectivity index (χ0n) is 9.36. The number of anilines is 2. The summed E-state index contributed by atoms with van der Waals surface area (Å²) in [5.74, 6) is 0. The fraction of sp³-hybridized carbons (Fsp3) is 0.417. The number of amidine groups is 1. The van der Waals surface area contributed by atoms with Crippen molar-refractivity contribution in [2.45, 2.75) is 18.2 Å². The van der Waals surface area contributed by atoms with Gasteiger partial charge in [-0.1, -0.05) is 0 Å². The molecule has 0 radical (unpaired) electrons. The number of thioether (sulfide) groups is 1. The number of hydrogen-bond donors (Lipinski definition) is 1. The van der Waals surface area contributed by atoms with E-state index < -0.39 is 0 Å². The Balaban J connectivity index is 1.98. The molecule has 2 aliphatic rings. The molecule has 0 aliphatic carbocycles. The molecule has 16 heavy (non-hydrogen) atoms. The number of fused-ring (bicyclic) bond motifs is 3. The molecule has 0 atom stereocenters. The lowest BCUT2D eigenvalue weighted by Gasteiger charge is -2.22. The van der Waals surface area contributed by atoms with Gasteiger partial charge in [-0.05, 0) is 43.3 Å². The summed E-state index contributed by atoms with van der Waals surface area (Å²) in [6.45, 7) is 5.17. The van der Waals surface area contributed by atoms with Crippen LogP contribution in [-0.4, -0.2) is 24.8 Å². The highest BCUT2D eigenvalue weighted by Gasteiger charge is 2.28. The molecule has 0 fully saturated rings. The number of rotatable bonds is 2. The molecule has 3 rings (SSSR count). The minimum Gasteiger partial charge on any atom is -0.385 e. The van der Waals surface area contributed by atoms with E-state index in [1.165, 1.54) is 21.4 Å². The van der Waals surface area contributed by atoms with Crippen LogP contribution in [0.15, 0.2) is 28.1 Å². The van der Waals surface area contributed by atoms with Crippen LogP contribution in [0, 0.1) is 0 Å². The Bertz CT molecular complexity index is 442. The largest absolute Gasteiger partial charge is 0.385 e. The van der Waals surface area contributed by atoms with E-state index in [2.05, 4.69) is 40.3 Å². The van der Waals surface area contributed by atoms with Crippen molar-refractivity contribution in [3.63, 3.8) is 0 Å². The normalized spacial score (nSPS) is 17.8. The fourth-order valence-electron chi connectivity index (χ4n) is 2.12. The number of nitrogens with zero attached hydrogens (tertiary/aromatic N) is 2. The van der Waals surface area contributed by atoms with Gasteiger partial charge < -0.3 is 10.2 Å². The molecule has 0 amide bonds. The van der Waals surface area contributed by atoms with E-state index in [0.29, 0.717) is 0 Å². The number of nitrogens with one attached hydrogen (secondary N) is 1. The van der Waals surface area contributed by atoms with Crippen LogP contribution in [0.5, 0.6) is 0 Å². The lowest BCUT2D eigenvalue weighted by molar-refractivity contribution is 0.798. The van der Waals surface area contributed by atoms with Gasteiger partial charge in [-0.25, -0.2) is 0 Å². The summed E-state index contributed by atoms with van der Waals surface area (Å²) in [6.07, 6.45) is 1.16. The molecular formula is C12H15N3S. The molecular weight excluding hydrogens is 218 g/mol. The van der Waals surface area contributed by atoms with E-state index in [1.54, 1.807) is 11.8 Å². The first kappa shape index (κ1) is 10.0. The van der Waals surface area contributed by atoms with Crippen molar-refractivity contribution in [2.75, 3.05) is 29.9 Å². The van der Waals surface area contributed by atoms with Crippen LogP contribution in [0.1, 0.15) is 13.3 Å². The summed E-state index contributed by atoms with van der Waals surface area (Å²) in [5, 5.41) is 4.53. The molecule has 84 valence electrons. The highest BCUT2D eigenvalue weighted by Crippen LogP contribution is 2.42. The third-order valence-electron chi connectivity index (χ3n) is 2.85. The summed E-state index contributed by atoms with van der Waals surface area (Å²) in [6, 6.07) is 6.58. The summed E-state index contributed by atoms with van der Waals surface area (Å²) >= 11 is 1.80. The third-order valence-corrected chi connectivity index (χ3v) is 3.95. The average molecular weight is 233 g/mol. The maximum Gasteiger partial charge on any atom is 0.168 e. The van der Waals surface area contributed by atoms with Crippen LogP contribution < -0.4 is 10.2 Å². The average Bonchev–Trinajstić information content (AvgIpc) is 2.68. The highest BCUT2D eigenvalue weighted by atomic mass is 32.2. The predicted octanol–water partition coefficient (Wildman–Crippen LogP) is 2.79. The second-order valence-electron chi connectivity index (χ2n) is 3.98. The number of benzene rings is 1. The second kappa shape index (κ2) is 4.01. The predicted molar refractivity (Wildman–Crippen MR) is 70.7 cm³/mol. The van der Waals surface area contributed by atoms with Crippen molar-refractivity contribution < 1.29 is 0 Å². The second-order valence-corrected chi connectivity index (χ2v) is 4.99. The van der Waals surface area contributed by atoms with E-state index in [4.69, 9.17) is 0 Å². The standard InChI is InChI=1S/C12H15N3S/c1-2-13-9-4-5-11-10(8-9)15-7-3-6-14-12(15)16-11/h4-5,8,13H,2-3,6-7H2,1H3. The molecule has 0 saturated heterocycles. The van der Waals surface area contributed by atoms with E-state index in [1.807, 2.05) is 0 Å². The molecule has 2 heterocycles. The van der Waals surface area contributed by atoms with Gasteiger partial charge in [0.1, 0.15) is 0 Å². The molecule has 0 bridgehead atoms. The van der Waals surface area contributed by atoms with Crippen LogP contribution in [0.2, 0.25) is 0 Å². The lowest BCUT2D eigenvalue weighted by Crippen LogP contribution is -2.30. The minimum atomic E-state index is 0.965.